The monoisotopic (exact) mass is 265 g/mol. The van der Waals surface area contributed by atoms with Gasteiger partial charge in [-0.3, -0.25) is 0 Å². The van der Waals surface area contributed by atoms with Gasteiger partial charge in [-0.05, 0) is 11.1 Å². The maximum Gasteiger partial charge on any atom is 0.184 e. The molecule has 19 heavy (non-hydrogen) atoms. The zero-order valence-electron chi connectivity index (χ0n) is 10.2. The Morgan fingerprint density at radius 2 is 2.00 bits per heavy atom. The molecule has 1 aliphatic heterocycles. The minimum Gasteiger partial charge on any atom is -0.390 e. The Morgan fingerprint density at radius 3 is 2.68 bits per heavy atom. The molecule has 0 saturated carbocycles. The third kappa shape index (κ3) is 3.23. The van der Waals surface area contributed by atoms with Gasteiger partial charge in [0.15, 0.2) is 6.29 Å². The number of ether oxygens (including phenoxy) is 2. The van der Waals surface area contributed by atoms with E-state index >= 15 is 0 Å². The van der Waals surface area contributed by atoms with Crippen molar-refractivity contribution in [2.75, 3.05) is 19.8 Å². The van der Waals surface area contributed by atoms with E-state index in [0.29, 0.717) is 24.3 Å². The maximum atomic E-state index is 10.1. The molecule has 0 radical (unpaired) electrons. The standard InChI is InChI=1S/C12H15N3O4/c13-15-14-7-10(16)11(17)8-3-1-2-4-9(8)12-18-5-6-19-12/h1-4,10-12,16-17H,5-7H2. The van der Waals surface area contributed by atoms with Crippen LogP contribution in [0.15, 0.2) is 29.4 Å². The summed E-state index contributed by atoms with van der Waals surface area (Å²) in [6.07, 6.45) is -2.86. The van der Waals surface area contributed by atoms with Gasteiger partial charge in [0, 0.05) is 10.5 Å². The highest BCUT2D eigenvalue weighted by molar-refractivity contribution is 5.31. The Morgan fingerprint density at radius 1 is 1.32 bits per heavy atom. The molecule has 0 bridgehead atoms. The molecule has 7 heteroatoms. The van der Waals surface area contributed by atoms with Crippen molar-refractivity contribution >= 4 is 0 Å². The van der Waals surface area contributed by atoms with Crippen molar-refractivity contribution in [3.63, 3.8) is 0 Å². The number of azide groups is 1. The molecule has 2 atom stereocenters. The fourth-order valence-electron chi connectivity index (χ4n) is 1.96. The zero-order valence-corrected chi connectivity index (χ0v) is 10.2. The first-order valence-corrected chi connectivity index (χ1v) is 5.93. The summed E-state index contributed by atoms with van der Waals surface area (Å²) < 4.78 is 10.8. The van der Waals surface area contributed by atoms with Gasteiger partial charge in [-0.2, -0.15) is 0 Å². The van der Waals surface area contributed by atoms with Gasteiger partial charge in [-0.25, -0.2) is 0 Å². The summed E-state index contributed by atoms with van der Waals surface area (Å²) in [6.45, 7) is 0.797. The van der Waals surface area contributed by atoms with E-state index < -0.39 is 18.5 Å². The number of nitrogens with zero attached hydrogens (tertiary/aromatic N) is 3. The first-order valence-electron chi connectivity index (χ1n) is 5.93. The van der Waals surface area contributed by atoms with Crippen molar-refractivity contribution in [1.82, 2.24) is 0 Å². The van der Waals surface area contributed by atoms with Gasteiger partial charge in [-0.1, -0.05) is 29.4 Å². The van der Waals surface area contributed by atoms with Crippen LogP contribution in [-0.2, 0) is 9.47 Å². The fraction of sp³-hybridized carbons (Fsp3) is 0.500. The van der Waals surface area contributed by atoms with Crippen LogP contribution in [0.2, 0.25) is 0 Å². The van der Waals surface area contributed by atoms with Crippen molar-refractivity contribution in [3.8, 4) is 0 Å². The van der Waals surface area contributed by atoms with Crippen molar-refractivity contribution in [2.45, 2.75) is 18.5 Å². The second-order valence-electron chi connectivity index (χ2n) is 4.13. The van der Waals surface area contributed by atoms with Gasteiger partial charge in [-0.15, -0.1) is 0 Å². The molecule has 0 aliphatic carbocycles. The first kappa shape index (κ1) is 13.8. The summed E-state index contributed by atoms with van der Waals surface area (Å²) in [6, 6.07) is 7.01. The van der Waals surface area contributed by atoms with E-state index in [2.05, 4.69) is 10.0 Å². The lowest BCUT2D eigenvalue weighted by atomic mass is 9.98. The van der Waals surface area contributed by atoms with Crippen LogP contribution in [0.3, 0.4) is 0 Å². The Kier molecular flexibility index (Phi) is 4.73. The van der Waals surface area contributed by atoms with Crippen LogP contribution in [0.25, 0.3) is 10.4 Å². The molecule has 1 aliphatic rings. The van der Waals surface area contributed by atoms with Gasteiger partial charge in [0.2, 0.25) is 0 Å². The molecule has 1 heterocycles. The van der Waals surface area contributed by atoms with E-state index in [1.54, 1.807) is 24.3 Å². The number of hydrogen-bond acceptors (Lipinski definition) is 5. The van der Waals surface area contributed by atoms with Gasteiger partial charge in [0.1, 0.15) is 6.10 Å². The largest absolute Gasteiger partial charge is 0.390 e. The van der Waals surface area contributed by atoms with Gasteiger partial charge < -0.3 is 19.7 Å². The lowest BCUT2D eigenvalue weighted by Gasteiger charge is -2.21. The zero-order chi connectivity index (χ0) is 13.7. The van der Waals surface area contributed by atoms with Gasteiger partial charge >= 0.3 is 0 Å². The summed E-state index contributed by atoms with van der Waals surface area (Å²) in [5.41, 5.74) is 9.40. The first-order chi connectivity index (χ1) is 9.24. The molecular weight excluding hydrogens is 250 g/mol. The highest BCUT2D eigenvalue weighted by Gasteiger charge is 2.26. The van der Waals surface area contributed by atoms with E-state index in [1.165, 1.54) is 0 Å². The second-order valence-corrected chi connectivity index (χ2v) is 4.13. The topological polar surface area (TPSA) is 108 Å². The third-order valence-corrected chi connectivity index (χ3v) is 2.89. The molecule has 2 unspecified atom stereocenters. The Hall–Kier alpha value is -1.63. The molecule has 0 amide bonds. The highest BCUT2D eigenvalue weighted by atomic mass is 16.7. The van der Waals surface area contributed by atoms with E-state index in [-0.39, 0.29) is 6.54 Å². The Balaban J connectivity index is 2.20. The summed E-state index contributed by atoms with van der Waals surface area (Å²) in [5, 5.41) is 23.1. The van der Waals surface area contributed by atoms with E-state index in [0.717, 1.165) is 0 Å². The molecular formula is C12H15N3O4. The van der Waals surface area contributed by atoms with Crippen molar-refractivity contribution in [3.05, 3.63) is 45.8 Å². The second kappa shape index (κ2) is 6.51. The van der Waals surface area contributed by atoms with Crippen molar-refractivity contribution in [1.29, 1.82) is 0 Å². The molecule has 1 aromatic carbocycles. The van der Waals surface area contributed by atoms with Crippen LogP contribution in [0, 0.1) is 0 Å². The molecule has 1 aromatic rings. The minimum absolute atomic E-state index is 0.196. The van der Waals surface area contributed by atoms with Crippen LogP contribution < -0.4 is 0 Å². The van der Waals surface area contributed by atoms with E-state index in [4.69, 9.17) is 15.0 Å². The van der Waals surface area contributed by atoms with E-state index in [9.17, 15) is 10.2 Å². The molecule has 2 N–H and O–H groups in total. The summed E-state index contributed by atoms with van der Waals surface area (Å²) in [4.78, 5) is 2.56. The van der Waals surface area contributed by atoms with Crippen molar-refractivity contribution in [2.24, 2.45) is 5.11 Å². The summed E-state index contributed by atoms with van der Waals surface area (Å²) >= 11 is 0. The van der Waals surface area contributed by atoms with Crippen LogP contribution in [0.4, 0.5) is 0 Å². The third-order valence-electron chi connectivity index (χ3n) is 2.89. The Bertz CT molecular complexity index is 470. The van der Waals surface area contributed by atoms with Gasteiger partial charge in [0.25, 0.3) is 0 Å². The predicted molar refractivity (Wildman–Crippen MR) is 66.1 cm³/mol. The van der Waals surface area contributed by atoms with Gasteiger partial charge in [0.05, 0.1) is 25.9 Å². The fourth-order valence-corrected chi connectivity index (χ4v) is 1.96. The minimum atomic E-state index is -1.17. The average molecular weight is 265 g/mol. The van der Waals surface area contributed by atoms with Crippen molar-refractivity contribution < 1.29 is 19.7 Å². The summed E-state index contributed by atoms with van der Waals surface area (Å²) in [7, 11) is 0. The van der Waals surface area contributed by atoms with E-state index in [1.807, 2.05) is 0 Å². The lowest BCUT2D eigenvalue weighted by Crippen LogP contribution is -2.23. The molecule has 1 fully saturated rings. The number of aliphatic hydroxyl groups excluding tert-OH is 2. The quantitative estimate of drug-likeness (QED) is 0.477. The molecule has 102 valence electrons. The smallest absolute Gasteiger partial charge is 0.184 e. The van der Waals surface area contributed by atoms with Crippen LogP contribution in [0.1, 0.15) is 23.5 Å². The number of rotatable bonds is 5. The van der Waals surface area contributed by atoms with Crippen LogP contribution in [-0.4, -0.2) is 36.1 Å². The molecule has 7 nitrogen and oxygen atoms in total. The SMILES string of the molecule is [N-]=[N+]=NCC(O)C(O)c1ccccc1C1OCCO1. The summed E-state index contributed by atoms with van der Waals surface area (Å²) in [5.74, 6) is 0. The molecule has 0 spiro atoms. The van der Waals surface area contributed by atoms with Crippen LogP contribution in [0.5, 0.6) is 0 Å². The maximum absolute atomic E-state index is 10.1. The number of aliphatic hydroxyl groups is 2. The molecule has 2 rings (SSSR count). The highest BCUT2D eigenvalue weighted by Crippen LogP contribution is 2.31. The number of benzene rings is 1. The van der Waals surface area contributed by atoms with Crippen LogP contribution >= 0.6 is 0 Å². The lowest BCUT2D eigenvalue weighted by molar-refractivity contribution is -0.0483. The Labute approximate surface area is 110 Å². The normalized spacial score (nSPS) is 18.8. The predicted octanol–water partition coefficient (Wildman–Crippen LogP) is 1.44. The number of hydrogen-bond donors (Lipinski definition) is 2. The molecule has 0 aromatic heterocycles. The molecule has 1 saturated heterocycles. The average Bonchev–Trinajstić information content (AvgIpc) is 2.98.